The Morgan fingerprint density at radius 3 is 2.70 bits per heavy atom. The third kappa shape index (κ3) is 3.72. The van der Waals surface area contributed by atoms with Crippen LogP contribution in [0.3, 0.4) is 0 Å². The molecule has 0 radical (unpaired) electrons. The molecule has 0 spiro atoms. The maximum atomic E-state index is 12.5. The first-order valence-corrected chi connectivity index (χ1v) is 8.61. The van der Waals surface area contributed by atoms with E-state index < -0.39 is 0 Å². The molecule has 0 bridgehead atoms. The van der Waals surface area contributed by atoms with Crippen LogP contribution in [0.25, 0.3) is 0 Å². The number of amides is 1. The van der Waals surface area contributed by atoms with Crippen molar-refractivity contribution in [3.8, 4) is 0 Å². The minimum atomic E-state index is -0.267. The van der Waals surface area contributed by atoms with Gasteiger partial charge in [-0.25, -0.2) is 9.97 Å². The van der Waals surface area contributed by atoms with E-state index in [9.17, 15) is 4.79 Å². The Bertz CT molecular complexity index is 855. The topological polar surface area (TPSA) is 79.8 Å². The molecule has 0 aliphatic rings. The zero-order chi connectivity index (χ0) is 16.4. The zero-order valence-electron chi connectivity index (χ0n) is 12.9. The van der Waals surface area contributed by atoms with E-state index in [2.05, 4.69) is 25.6 Å². The fourth-order valence-electron chi connectivity index (χ4n) is 1.99. The molecule has 2 N–H and O–H groups in total. The molecule has 0 saturated heterocycles. The number of carbonyl (C=O) groups is 1. The number of rotatable bonds is 4. The van der Waals surface area contributed by atoms with Gasteiger partial charge in [-0.05, 0) is 32.9 Å². The standard InChI is InChI=1S/C15H15N5OS2/c1-8-6-11(4-5-16-8)19-14-12(18-10(3)23-14)13(21)20-15-17-9(2)7-22-15/h4-7H,1-3H3,(H,16,19)(H,17,20,21). The van der Waals surface area contributed by atoms with Crippen molar-refractivity contribution in [1.29, 1.82) is 0 Å². The van der Waals surface area contributed by atoms with Gasteiger partial charge in [-0.15, -0.1) is 22.7 Å². The highest BCUT2D eigenvalue weighted by Crippen LogP contribution is 2.29. The van der Waals surface area contributed by atoms with Crippen molar-refractivity contribution in [2.75, 3.05) is 10.6 Å². The normalized spacial score (nSPS) is 10.6. The average molecular weight is 345 g/mol. The minimum absolute atomic E-state index is 0.267. The average Bonchev–Trinajstić information content (AvgIpc) is 3.05. The smallest absolute Gasteiger partial charge is 0.279 e. The van der Waals surface area contributed by atoms with Crippen LogP contribution < -0.4 is 10.6 Å². The van der Waals surface area contributed by atoms with E-state index in [0.29, 0.717) is 15.8 Å². The Kier molecular flexibility index (Phi) is 4.35. The van der Waals surface area contributed by atoms with Gasteiger partial charge in [0.25, 0.3) is 5.91 Å². The molecule has 23 heavy (non-hydrogen) atoms. The summed E-state index contributed by atoms with van der Waals surface area (Å²) in [5, 5.41) is 10.0. The summed E-state index contributed by atoms with van der Waals surface area (Å²) in [6, 6.07) is 3.77. The van der Waals surface area contributed by atoms with Crippen molar-refractivity contribution in [2.24, 2.45) is 0 Å². The van der Waals surface area contributed by atoms with Crippen LogP contribution in [0, 0.1) is 20.8 Å². The predicted octanol–water partition coefficient (Wildman–Crippen LogP) is 3.92. The molecule has 3 rings (SSSR count). The van der Waals surface area contributed by atoms with Gasteiger partial charge < -0.3 is 5.32 Å². The summed E-state index contributed by atoms with van der Waals surface area (Å²) in [6.07, 6.45) is 1.73. The van der Waals surface area contributed by atoms with Crippen LogP contribution in [0.4, 0.5) is 15.8 Å². The van der Waals surface area contributed by atoms with Crippen LogP contribution in [0.15, 0.2) is 23.7 Å². The number of pyridine rings is 1. The molecule has 0 atom stereocenters. The van der Waals surface area contributed by atoms with Gasteiger partial charge in [-0.2, -0.15) is 0 Å². The highest BCUT2D eigenvalue weighted by atomic mass is 32.1. The van der Waals surface area contributed by atoms with Crippen molar-refractivity contribution >= 4 is 44.4 Å². The molecular weight excluding hydrogens is 330 g/mol. The molecule has 0 unspecified atom stereocenters. The zero-order valence-corrected chi connectivity index (χ0v) is 14.5. The van der Waals surface area contributed by atoms with E-state index in [-0.39, 0.29) is 5.91 Å². The molecule has 0 saturated carbocycles. The van der Waals surface area contributed by atoms with Crippen molar-refractivity contribution < 1.29 is 4.79 Å². The number of carbonyl (C=O) groups excluding carboxylic acids is 1. The lowest BCUT2D eigenvalue weighted by atomic mass is 10.3. The summed E-state index contributed by atoms with van der Waals surface area (Å²) < 4.78 is 0. The van der Waals surface area contributed by atoms with Gasteiger partial charge in [0.15, 0.2) is 10.8 Å². The van der Waals surface area contributed by atoms with E-state index in [4.69, 9.17) is 0 Å². The summed E-state index contributed by atoms with van der Waals surface area (Å²) in [7, 11) is 0. The maximum absolute atomic E-state index is 12.5. The van der Waals surface area contributed by atoms with E-state index in [1.165, 1.54) is 22.7 Å². The molecule has 0 aromatic carbocycles. The first-order chi connectivity index (χ1) is 11.0. The molecule has 0 aliphatic heterocycles. The summed E-state index contributed by atoms with van der Waals surface area (Å²) in [5.74, 6) is -0.267. The Balaban J connectivity index is 1.83. The Labute approximate surface area is 141 Å². The molecule has 3 aromatic rings. The Morgan fingerprint density at radius 1 is 1.17 bits per heavy atom. The van der Waals surface area contributed by atoms with Crippen LogP contribution in [0.2, 0.25) is 0 Å². The third-order valence-electron chi connectivity index (χ3n) is 2.94. The number of nitrogens with zero attached hydrogens (tertiary/aromatic N) is 3. The number of nitrogens with one attached hydrogen (secondary N) is 2. The van der Waals surface area contributed by atoms with Gasteiger partial charge in [-0.3, -0.25) is 15.1 Å². The lowest BCUT2D eigenvalue weighted by Crippen LogP contribution is -2.14. The molecule has 6 nitrogen and oxygen atoms in total. The minimum Gasteiger partial charge on any atom is -0.345 e. The summed E-state index contributed by atoms with van der Waals surface area (Å²) in [6.45, 7) is 5.68. The third-order valence-corrected chi connectivity index (χ3v) is 4.70. The largest absolute Gasteiger partial charge is 0.345 e. The quantitative estimate of drug-likeness (QED) is 0.749. The number of hydrogen-bond donors (Lipinski definition) is 2. The maximum Gasteiger partial charge on any atom is 0.279 e. The number of aryl methyl sites for hydroxylation is 3. The van der Waals surface area contributed by atoms with Crippen LogP contribution in [0.1, 0.15) is 26.9 Å². The molecule has 3 aromatic heterocycles. The second kappa shape index (κ2) is 6.43. The Hall–Kier alpha value is -2.32. The number of thiazole rings is 2. The Morgan fingerprint density at radius 2 is 2.00 bits per heavy atom. The number of anilines is 3. The van der Waals surface area contributed by atoms with Gasteiger partial charge in [0.2, 0.25) is 0 Å². The summed E-state index contributed by atoms with van der Waals surface area (Å²) in [4.78, 5) is 25.2. The second-order valence-corrected chi connectivity index (χ2v) is 7.03. The molecule has 3 heterocycles. The fourth-order valence-corrected chi connectivity index (χ4v) is 3.51. The highest BCUT2D eigenvalue weighted by molar-refractivity contribution is 7.16. The van der Waals surface area contributed by atoms with Crippen LogP contribution in [-0.4, -0.2) is 20.9 Å². The van der Waals surface area contributed by atoms with Gasteiger partial charge in [0, 0.05) is 23.0 Å². The van der Waals surface area contributed by atoms with E-state index in [1.54, 1.807) is 6.20 Å². The van der Waals surface area contributed by atoms with Gasteiger partial charge in [-0.1, -0.05) is 0 Å². The fraction of sp³-hybridized carbons (Fsp3) is 0.200. The second-order valence-electron chi connectivity index (χ2n) is 4.97. The predicted molar refractivity (Wildman–Crippen MR) is 93.9 cm³/mol. The van der Waals surface area contributed by atoms with Crippen molar-refractivity contribution in [3.63, 3.8) is 0 Å². The van der Waals surface area contributed by atoms with Crippen LogP contribution in [0.5, 0.6) is 0 Å². The SMILES string of the molecule is Cc1cc(Nc2sc(C)nc2C(=O)Nc2nc(C)cs2)ccn1. The first kappa shape index (κ1) is 15.6. The number of aromatic nitrogens is 3. The van der Waals surface area contributed by atoms with Crippen LogP contribution in [-0.2, 0) is 0 Å². The van der Waals surface area contributed by atoms with Crippen molar-refractivity contribution in [1.82, 2.24) is 15.0 Å². The molecule has 118 valence electrons. The van der Waals surface area contributed by atoms with Gasteiger partial charge in [0.05, 0.1) is 10.7 Å². The molecular formula is C15H15N5OS2. The number of hydrogen-bond acceptors (Lipinski definition) is 7. The molecule has 0 fully saturated rings. The highest BCUT2D eigenvalue weighted by Gasteiger charge is 2.18. The summed E-state index contributed by atoms with van der Waals surface area (Å²) in [5.41, 5.74) is 3.03. The van der Waals surface area contributed by atoms with Gasteiger partial charge in [0.1, 0.15) is 5.00 Å². The lowest BCUT2D eigenvalue weighted by Gasteiger charge is -2.06. The van der Waals surface area contributed by atoms with Crippen molar-refractivity contribution in [2.45, 2.75) is 20.8 Å². The van der Waals surface area contributed by atoms with E-state index >= 15 is 0 Å². The monoisotopic (exact) mass is 345 g/mol. The van der Waals surface area contributed by atoms with Gasteiger partial charge >= 0.3 is 0 Å². The molecule has 1 amide bonds. The van der Waals surface area contributed by atoms with Crippen molar-refractivity contribution in [3.05, 3.63) is 45.8 Å². The molecule has 8 heteroatoms. The van der Waals surface area contributed by atoms with Crippen LogP contribution >= 0.6 is 22.7 Å². The first-order valence-electron chi connectivity index (χ1n) is 6.92. The molecule has 0 aliphatic carbocycles. The van der Waals surface area contributed by atoms with E-state index in [0.717, 1.165) is 22.1 Å². The summed E-state index contributed by atoms with van der Waals surface area (Å²) >= 11 is 2.83. The van der Waals surface area contributed by atoms with E-state index in [1.807, 2.05) is 38.3 Å². The lowest BCUT2D eigenvalue weighted by molar-refractivity contribution is 0.102.